The number of anilines is 1. The minimum Gasteiger partial charge on any atom is -0.340 e. The number of nitrogens with zero attached hydrogens (tertiary/aromatic N) is 2. The Labute approximate surface area is 188 Å². The van der Waals surface area contributed by atoms with Crippen molar-refractivity contribution in [2.24, 2.45) is 0 Å². The van der Waals surface area contributed by atoms with E-state index < -0.39 is 0 Å². The quantitative estimate of drug-likeness (QED) is 0.550. The van der Waals surface area contributed by atoms with Gasteiger partial charge in [0.25, 0.3) is 0 Å². The van der Waals surface area contributed by atoms with Gasteiger partial charge in [0.1, 0.15) is 0 Å². The maximum absolute atomic E-state index is 9.31. The molecule has 0 amide bonds. The van der Waals surface area contributed by atoms with Crippen molar-refractivity contribution in [3.63, 3.8) is 0 Å². The third-order valence-corrected chi connectivity index (χ3v) is 5.99. The van der Waals surface area contributed by atoms with E-state index in [0.29, 0.717) is 5.56 Å². The number of allylic oxidation sites excluding steroid dienone is 5. The molecule has 154 valence electrons. The van der Waals surface area contributed by atoms with Crippen molar-refractivity contribution in [2.75, 3.05) is 11.4 Å². The van der Waals surface area contributed by atoms with Gasteiger partial charge in [0, 0.05) is 33.9 Å². The number of benzene rings is 2. The van der Waals surface area contributed by atoms with Crippen LogP contribution in [0.1, 0.15) is 31.4 Å². The molecule has 1 heterocycles. The molecule has 0 saturated carbocycles. The molecule has 5 heteroatoms. The number of hydrogen-bond acceptors (Lipinski definition) is 4. The first-order valence-corrected chi connectivity index (χ1v) is 11.4. The molecule has 3 nitrogen and oxygen atoms in total. The Bertz CT molecular complexity index is 989. The maximum Gasteiger partial charge on any atom is 0.0991 e. The Morgan fingerprint density at radius 2 is 1.97 bits per heavy atom. The summed E-state index contributed by atoms with van der Waals surface area (Å²) in [6.45, 7) is 4.84. The van der Waals surface area contributed by atoms with Gasteiger partial charge in [0.15, 0.2) is 0 Å². The van der Waals surface area contributed by atoms with Crippen molar-refractivity contribution in [2.45, 2.75) is 37.6 Å². The standard InChI is InChI=1S/C23H20ClN3S.C2H6/c24-19-6-4-5-7-21(14-19)27-16-20(26-28-22-8-2-1-3-9-22)13-18-12-17(15-25)10-11-23(18)27;1-2/h1-4,6-12,14,20,26H,5,13,16H2;1-2H3. The van der Waals surface area contributed by atoms with Crippen LogP contribution in [0.2, 0.25) is 0 Å². The predicted molar refractivity (Wildman–Crippen MR) is 129 cm³/mol. The third kappa shape index (κ3) is 5.58. The molecule has 1 aliphatic heterocycles. The van der Waals surface area contributed by atoms with Crippen LogP contribution in [0, 0.1) is 11.3 Å². The van der Waals surface area contributed by atoms with Crippen molar-refractivity contribution in [3.8, 4) is 6.07 Å². The third-order valence-electron chi connectivity index (χ3n) is 4.79. The van der Waals surface area contributed by atoms with Crippen LogP contribution in [0.5, 0.6) is 0 Å². The van der Waals surface area contributed by atoms with Crippen LogP contribution in [0.15, 0.2) is 88.5 Å². The van der Waals surface area contributed by atoms with E-state index in [1.54, 1.807) is 11.9 Å². The molecule has 1 unspecified atom stereocenters. The Morgan fingerprint density at radius 3 is 2.73 bits per heavy atom. The zero-order chi connectivity index (χ0) is 21.3. The monoisotopic (exact) mass is 435 g/mol. The fraction of sp³-hybridized carbons (Fsp3) is 0.240. The largest absolute Gasteiger partial charge is 0.340 e. The lowest BCUT2D eigenvalue weighted by Crippen LogP contribution is -2.43. The van der Waals surface area contributed by atoms with Crippen molar-refractivity contribution >= 4 is 29.2 Å². The van der Waals surface area contributed by atoms with Crippen LogP contribution in [-0.2, 0) is 6.42 Å². The lowest BCUT2D eigenvalue weighted by Gasteiger charge is -2.37. The summed E-state index contributed by atoms with van der Waals surface area (Å²) < 4.78 is 3.61. The zero-order valence-electron chi connectivity index (χ0n) is 17.3. The average Bonchev–Trinajstić information content (AvgIpc) is 3.03. The molecule has 0 fully saturated rings. The predicted octanol–water partition coefficient (Wildman–Crippen LogP) is 6.58. The molecule has 1 N–H and O–H groups in total. The SMILES string of the molecule is CC.N#Cc1ccc2c(c1)CC(NSc1ccccc1)CN2C1=CCC=CC(Cl)=C1. The van der Waals surface area contributed by atoms with Crippen molar-refractivity contribution < 1.29 is 0 Å². The highest BCUT2D eigenvalue weighted by atomic mass is 35.5. The summed E-state index contributed by atoms with van der Waals surface area (Å²) in [5, 5.41) is 10.0. The molecule has 4 rings (SSSR count). The average molecular weight is 436 g/mol. The van der Waals surface area contributed by atoms with E-state index in [1.807, 2.05) is 56.3 Å². The lowest BCUT2D eigenvalue weighted by molar-refractivity contribution is 0.597. The molecule has 0 aromatic heterocycles. The summed E-state index contributed by atoms with van der Waals surface area (Å²) in [7, 11) is 0. The Morgan fingerprint density at radius 1 is 1.17 bits per heavy atom. The molecule has 2 aromatic rings. The second kappa shape index (κ2) is 11.1. The van der Waals surface area contributed by atoms with Crippen molar-refractivity contribution in [3.05, 3.63) is 94.7 Å². The fourth-order valence-corrected chi connectivity index (χ4v) is 4.45. The minimum absolute atomic E-state index is 0.246. The van der Waals surface area contributed by atoms with Gasteiger partial charge in [-0.15, -0.1) is 0 Å². The molecule has 0 saturated heterocycles. The van der Waals surface area contributed by atoms with Gasteiger partial charge >= 0.3 is 0 Å². The van der Waals surface area contributed by atoms with Crippen LogP contribution in [0.4, 0.5) is 5.69 Å². The van der Waals surface area contributed by atoms with Crippen LogP contribution >= 0.6 is 23.5 Å². The molecule has 2 aliphatic rings. The zero-order valence-corrected chi connectivity index (χ0v) is 18.9. The summed E-state index contributed by atoms with van der Waals surface area (Å²) >= 11 is 7.98. The van der Waals surface area contributed by atoms with Crippen molar-refractivity contribution in [1.29, 1.82) is 5.26 Å². The first kappa shape index (κ1) is 22.2. The number of hydrogen-bond donors (Lipinski definition) is 1. The van der Waals surface area contributed by atoms with Gasteiger partial charge in [0.2, 0.25) is 0 Å². The van der Waals surface area contributed by atoms with Crippen LogP contribution in [0.3, 0.4) is 0 Å². The smallest absolute Gasteiger partial charge is 0.0991 e. The Hall–Kier alpha value is -2.45. The first-order valence-electron chi connectivity index (χ1n) is 10.2. The first-order chi connectivity index (χ1) is 14.7. The summed E-state index contributed by atoms with van der Waals surface area (Å²) in [6.07, 6.45) is 9.94. The summed E-state index contributed by atoms with van der Waals surface area (Å²) in [6, 6.07) is 18.8. The van der Waals surface area contributed by atoms with E-state index in [9.17, 15) is 5.26 Å². The number of rotatable bonds is 4. The highest BCUT2D eigenvalue weighted by Crippen LogP contribution is 2.33. The molecule has 0 bridgehead atoms. The number of halogens is 1. The van der Waals surface area contributed by atoms with Gasteiger partial charge < -0.3 is 4.90 Å². The molecule has 0 spiro atoms. The van der Waals surface area contributed by atoms with Gasteiger partial charge in [-0.2, -0.15) is 5.26 Å². The summed E-state index contributed by atoms with van der Waals surface area (Å²) in [5.74, 6) is 0. The van der Waals surface area contributed by atoms with E-state index in [-0.39, 0.29) is 6.04 Å². The fourth-order valence-electron chi connectivity index (χ4n) is 3.50. The van der Waals surface area contributed by atoms with Crippen molar-refractivity contribution in [1.82, 2.24) is 4.72 Å². The topological polar surface area (TPSA) is 39.1 Å². The number of nitrogens with one attached hydrogen (secondary N) is 1. The van der Waals surface area contributed by atoms with Crippen LogP contribution in [0.25, 0.3) is 0 Å². The molecule has 0 radical (unpaired) electrons. The highest BCUT2D eigenvalue weighted by molar-refractivity contribution is 7.97. The molecular formula is C25H26ClN3S. The normalized spacial score (nSPS) is 17.5. The summed E-state index contributed by atoms with van der Waals surface area (Å²) in [5.41, 5.74) is 4.12. The second-order valence-corrected chi connectivity index (χ2v) is 8.14. The molecule has 1 aliphatic carbocycles. The van der Waals surface area contributed by atoms with Gasteiger partial charge in [-0.05, 0) is 72.8 Å². The van der Waals surface area contributed by atoms with E-state index in [0.717, 1.165) is 35.8 Å². The van der Waals surface area contributed by atoms with E-state index in [1.165, 1.54) is 10.5 Å². The van der Waals surface area contributed by atoms with E-state index in [4.69, 9.17) is 11.6 Å². The van der Waals surface area contributed by atoms with Gasteiger partial charge in [-0.25, -0.2) is 0 Å². The van der Waals surface area contributed by atoms with Gasteiger partial charge in [0.05, 0.1) is 11.6 Å². The molecule has 2 aromatic carbocycles. The summed E-state index contributed by atoms with van der Waals surface area (Å²) in [4.78, 5) is 3.49. The second-order valence-electron chi connectivity index (χ2n) is 6.80. The van der Waals surface area contributed by atoms with Crippen LogP contribution < -0.4 is 9.62 Å². The Kier molecular flexibility index (Phi) is 8.21. The van der Waals surface area contributed by atoms with Gasteiger partial charge in [-0.1, -0.05) is 55.8 Å². The number of fused-ring (bicyclic) bond motifs is 1. The molecular weight excluding hydrogens is 410 g/mol. The molecule has 1 atom stereocenters. The van der Waals surface area contributed by atoms with Crippen LogP contribution in [-0.4, -0.2) is 12.6 Å². The maximum atomic E-state index is 9.31. The minimum atomic E-state index is 0.246. The van der Waals surface area contributed by atoms with Gasteiger partial charge in [-0.3, -0.25) is 4.72 Å². The van der Waals surface area contributed by atoms with E-state index in [2.05, 4.69) is 46.0 Å². The van der Waals surface area contributed by atoms with E-state index >= 15 is 0 Å². The highest BCUT2D eigenvalue weighted by Gasteiger charge is 2.26. The lowest BCUT2D eigenvalue weighted by atomic mass is 9.96. The molecule has 30 heavy (non-hydrogen) atoms. The number of nitriles is 1. The Balaban J connectivity index is 0.00000124.